The number of aryl methyl sites for hydroxylation is 2. The maximum atomic E-state index is 3.17. The zero-order valence-electron chi connectivity index (χ0n) is 26.9. The summed E-state index contributed by atoms with van der Waals surface area (Å²) in [5, 5.41) is 0. The lowest BCUT2D eigenvalue weighted by Crippen LogP contribution is -2.15. The first-order chi connectivity index (χ1) is 19.1. The second-order valence-electron chi connectivity index (χ2n) is 12.0. The smallest absolute Gasteiger partial charge is 0.0129 e. The fraction of sp³-hybridized carbons (Fsp3) is 0.684. The zero-order chi connectivity index (χ0) is 28.5. The summed E-state index contributed by atoms with van der Waals surface area (Å²) in [6.07, 6.45) is 24.1. The Bertz CT molecular complexity index is 865. The van der Waals surface area contributed by atoms with Gasteiger partial charge in [-0.3, -0.25) is 0 Å². The number of rotatable bonds is 21. The lowest BCUT2D eigenvalue weighted by atomic mass is 9.78. The average Bonchev–Trinajstić information content (AvgIpc) is 2.96. The second-order valence-corrected chi connectivity index (χ2v) is 12.4. The van der Waals surface area contributed by atoms with Crippen LogP contribution in [-0.4, -0.2) is 6.16 Å². The molecule has 0 bridgehead atoms. The summed E-state index contributed by atoms with van der Waals surface area (Å²) in [4.78, 5) is 0. The average molecular weight is 551 g/mol. The Morgan fingerprint density at radius 2 is 0.744 bits per heavy atom. The third-order valence-electron chi connectivity index (χ3n) is 8.84. The zero-order valence-corrected chi connectivity index (χ0v) is 28.1. The third kappa shape index (κ3) is 10.0. The molecule has 1 heteroatoms. The summed E-state index contributed by atoms with van der Waals surface area (Å²) in [5.41, 5.74) is 13.5. The van der Waals surface area contributed by atoms with Gasteiger partial charge in [-0.05, 0) is 128 Å². The van der Waals surface area contributed by atoms with E-state index in [9.17, 15) is 0 Å². The predicted molar refractivity (Wildman–Crippen MR) is 181 cm³/mol. The van der Waals surface area contributed by atoms with Crippen molar-refractivity contribution in [2.24, 2.45) is 0 Å². The quantitative estimate of drug-likeness (QED) is 0.136. The Hall–Kier alpha value is -1.13. The SMILES string of the molecule is CCCCc1ccc(C(CP)c2ccc(CCCC)c(CCCC)c2CCCC)c(CCCC)c1CCCC. The lowest BCUT2D eigenvalue weighted by Gasteiger charge is -2.28. The van der Waals surface area contributed by atoms with Crippen LogP contribution in [0.3, 0.4) is 0 Å². The molecule has 0 amide bonds. The van der Waals surface area contributed by atoms with Crippen molar-refractivity contribution < 1.29 is 0 Å². The first-order valence-electron chi connectivity index (χ1n) is 17.1. The van der Waals surface area contributed by atoms with Crippen molar-refractivity contribution in [3.63, 3.8) is 0 Å². The van der Waals surface area contributed by atoms with E-state index in [0.717, 1.165) is 6.16 Å². The minimum Gasteiger partial charge on any atom is -0.137 e. The maximum absolute atomic E-state index is 3.17. The first-order valence-corrected chi connectivity index (χ1v) is 17.9. The van der Waals surface area contributed by atoms with Gasteiger partial charge in [-0.25, -0.2) is 0 Å². The van der Waals surface area contributed by atoms with E-state index < -0.39 is 0 Å². The molecule has 0 saturated heterocycles. The molecule has 1 unspecified atom stereocenters. The van der Waals surface area contributed by atoms with E-state index in [1.165, 1.54) is 116 Å². The van der Waals surface area contributed by atoms with Crippen LogP contribution in [0.2, 0.25) is 0 Å². The Kier molecular flexibility index (Phi) is 17.4. The van der Waals surface area contributed by atoms with E-state index in [-0.39, 0.29) is 0 Å². The van der Waals surface area contributed by atoms with Gasteiger partial charge >= 0.3 is 0 Å². The highest BCUT2D eigenvalue weighted by Gasteiger charge is 2.24. The minimum absolute atomic E-state index is 0.481. The Labute approximate surface area is 246 Å². The van der Waals surface area contributed by atoms with Gasteiger partial charge in [0.1, 0.15) is 0 Å². The molecule has 0 spiro atoms. The summed E-state index contributed by atoms with van der Waals surface area (Å²) in [6, 6.07) is 10.2. The molecule has 0 aliphatic rings. The van der Waals surface area contributed by atoms with Crippen LogP contribution in [0, 0.1) is 0 Å². The predicted octanol–water partition coefficient (Wildman–Crippen LogP) is 11.7. The highest BCUT2D eigenvalue weighted by atomic mass is 31.0. The molecule has 0 N–H and O–H groups in total. The van der Waals surface area contributed by atoms with E-state index in [1.807, 2.05) is 0 Å². The first kappa shape index (κ1) is 34.1. The molecule has 2 aromatic rings. The van der Waals surface area contributed by atoms with Crippen LogP contribution in [0.25, 0.3) is 0 Å². The Morgan fingerprint density at radius 3 is 1.05 bits per heavy atom. The Morgan fingerprint density at radius 1 is 0.436 bits per heavy atom. The van der Waals surface area contributed by atoms with Crippen LogP contribution in [0.15, 0.2) is 24.3 Å². The van der Waals surface area contributed by atoms with Crippen LogP contribution >= 0.6 is 9.24 Å². The van der Waals surface area contributed by atoms with Crippen molar-refractivity contribution in [3.8, 4) is 0 Å². The van der Waals surface area contributed by atoms with Gasteiger partial charge in [-0.1, -0.05) is 104 Å². The summed E-state index contributed by atoms with van der Waals surface area (Å²) < 4.78 is 0. The molecule has 220 valence electrons. The van der Waals surface area contributed by atoms with Gasteiger partial charge in [0.05, 0.1) is 0 Å². The molecule has 0 saturated carbocycles. The van der Waals surface area contributed by atoms with Gasteiger partial charge in [0.15, 0.2) is 0 Å². The summed E-state index contributed by atoms with van der Waals surface area (Å²) in [7, 11) is 3.17. The molecule has 2 rings (SSSR count). The van der Waals surface area contributed by atoms with Crippen molar-refractivity contribution in [1.82, 2.24) is 0 Å². The minimum atomic E-state index is 0.481. The topological polar surface area (TPSA) is 0 Å². The summed E-state index contributed by atoms with van der Waals surface area (Å²) in [6.45, 7) is 14.1. The van der Waals surface area contributed by atoms with Crippen molar-refractivity contribution in [2.75, 3.05) is 6.16 Å². The lowest BCUT2D eigenvalue weighted by molar-refractivity contribution is 0.713. The third-order valence-corrected chi connectivity index (χ3v) is 9.31. The van der Waals surface area contributed by atoms with E-state index in [4.69, 9.17) is 0 Å². The summed E-state index contributed by atoms with van der Waals surface area (Å²) in [5.74, 6) is 0.481. The van der Waals surface area contributed by atoms with Crippen LogP contribution in [0.4, 0.5) is 0 Å². The number of benzene rings is 2. The number of hydrogen-bond acceptors (Lipinski definition) is 0. The van der Waals surface area contributed by atoms with Gasteiger partial charge in [0.2, 0.25) is 0 Å². The number of unbranched alkanes of at least 4 members (excludes halogenated alkanes) is 6. The molecule has 1 atom stereocenters. The van der Waals surface area contributed by atoms with Crippen molar-refractivity contribution in [1.29, 1.82) is 0 Å². The standard InChI is InChI=1S/C38H63P/c1-7-13-19-30-25-27-36(34(23-17-11-5)32(30)21-15-9-3)38(29-39)37-28-26-31(20-14-8-2)33(22-16-10-4)35(37)24-18-12-6/h25-28,38H,7-24,29,39H2,1-6H3. The normalized spacial score (nSPS) is 11.6. The fourth-order valence-electron chi connectivity index (χ4n) is 6.42. The molecule has 0 aliphatic heterocycles. The van der Waals surface area contributed by atoms with Gasteiger partial charge < -0.3 is 0 Å². The van der Waals surface area contributed by atoms with E-state index >= 15 is 0 Å². The van der Waals surface area contributed by atoms with Crippen LogP contribution < -0.4 is 0 Å². The molecular weight excluding hydrogens is 487 g/mol. The molecule has 0 radical (unpaired) electrons. The molecule has 0 aliphatic carbocycles. The monoisotopic (exact) mass is 550 g/mol. The highest BCUT2D eigenvalue weighted by Crippen LogP contribution is 2.38. The number of hydrogen-bond donors (Lipinski definition) is 0. The largest absolute Gasteiger partial charge is 0.137 e. The van der Waals surface area contributed by atoms with Crippen LogP contribution in [0.1, 0.15) is 169 Å². The molecule has 0 aromatic heterocycles. The van der Waals surface area contributed by atoms with Crippen molar-refractivity contribution >= 4 is 9.24 Å². The second kappa shape index (κ2) is 19.9. The van der Waals surface area contributed by atoms with Crippen LogP contribution in [0.5, 0.6) is 0 Å². The maximum Gasteiger partial charge on any atom is 0.0129 e. The van der Waals surface area contributed by atoms with Crippen molar-refractivity contribution in [3.05, 3.63) is 68.8 Å². The molecule has 0 heterocycles. The molecule has 0 nitrogen and oxygen atoms in total. The van der Waals surface area contributed by atoms with E-state index in [2.05, 4.69) is 75.0 Å². The van der Waals surface area contributed by atoms with Gasteiger partial charge in [0.25, 0.3) is 0 Å². The van der Waals surface area contributed by atoms with Gasteiger partial charge in [-0.2, -0.15) is 0 Å². The van der Waals surface area contributed by atoms with E-state index in [0.29, 0.717) is 5.92 Å². The van der Waals surface area contributed by atoms with Gasteiger partial charge in [-0.15, -0.1) is 9.24 Å². The highest BCUT2D eigenvalue weighted by molar-refractivity contribution is 7.16. The van der Waals surface area contributed by atoms with Crippen LogP contribution in [-0.2, 0) is 38.5 Å². The fourth-order valence-corrected chi connectivity index (χ4v) is 6.93. The summed E-state index contributed by atoms with van der Waals surface area (Å²) >= 11 is 0. The molecule has 0 fully saturated rings. The molecule has 39 heavy (non-hydrogen) atoms. The molecule has 2 aromatic carbocycles. The molecular formula is C38H63P. The van der Waals surface area contributed by atoms with Crippen molar-refractivity contribution in [2.45, 2.75) is 163 Å². The Balaban J connectivity index is 2.76. The van der Waals surface area contributed by atoms with Gasteiger partial charge in [0, 0.05) is 5.92 Å². The van der Waals surface area contributed by atoms with E-state index in [1.54, 1.807) is 44.5 Å².